The van der Waals surface area contributed by atoms with Crippen LogP contribution in [0.5, 0.6) is 0 Å². The second-order valence-corrected chi connectivity index (χ2v) is 4.45. The minimum atomic E-state index is -0.388. The third kappa shape index (κ3) is 2.44. The molecule has 6 heteroatoms. The molecule has 0 aliphatic rings. The molecule has 1 aromatic heterocycles. The number of benzene rings is 2. The zero-order valence-electron chi connectivity index (χ0n) is 10.5. The van der Waals surface area contributed by atoms with Crippen molar-refractivity contribution in [2.75, 3.05) is 5.32 Å². The van der Waals surface area contributed by atoms with E-state index in [4.69, 9.17) is 0 Å². The molecule has 100 valence electrons. The normalized spacial score (nSPS) is 10.6. The van der Waals surface area contributed by atoms with E-state index in [0.717, 1.165) is 22.2 Å². The van der Waals surface area contributed by atoms with E-state index in [0.29, 0.717) is 6.54 Å². The lowest BCUT2D eigenvalue weighted by Crippen LogP contribution is -2.00. The molecular weight excluding hydrogens is 256 g/mol. The van der Waals surface area contributed by atoms with Gasteiger partial charge < -0.3 is 5.32 Å². The van der Waals surface area contributed by atoms with Crippen LogP contribution in [0.4, 0.5) is 11.4 Å². The fraction of sp³-hybridized carbons (Fsp3) is 0.0714. The number of H-pyrrole nitrogens is 1. The van der Waals surface area contributed by atoms with Gasteiger partial charge in [0.1, 0.15) is 0 Å². The summed E-state index contributed by atoms with van der Waals surface area (Å²) in [6.45, 7) is 0.533. The third-order valence-electron chi connectivity index (χ3n) is 3.06. The number of nitro groups is 1. The van der Waals surface area contributed by atoms with Crippen molar-refractivity contribution in [2.24, 2.45) is 0 Å². The molecule has 1 heterocycles. The molecule has 6 nitrogen and oxygen atoms in total. The molecule has 0 fully saturated rings. The number of anilines is 1. The van der Waals surface area contributed by atoms with E-state index in [2.05, 4.69) is 15.5 Å². The highest BCUT2D eigenvalue weighted by Crippen LogP contribution is 2.18. The maximum absolute atomic E-state index is 10.7. The summed E-state index contributed by atoms with van der Waals surface area (Å²) in [5, 5.41) is 21.8. The van der Waals surface area contributed by atoms with Gasteiger partial charge in [-0.05, 0) is 23.8 Å². The Kier molecular flexibility index (Phi) is 3.04. The van der Waals surface area contributed by atoms with Crippen molar-refractivity contribution >= 4 is 22.3 Å². The second kappa shape index (κ2) is 5.00. The summed E-state index contributed by atoms with van der Waals surface area (Å²) in [6.07, 6.45) is 1.76. The van der Waals surface area contributed by atoms with E-state index >= 15 is 0 Å². The highest BCUT2D eigenvalue weighted by Gasteiger charge is 2.05. The molecule has 0 saturated heterocycles. The van der Waals surface area contributed by atoms with Gasteiger partial charge in [0.2, 0.25) is 0 Å². The highest BCUT2D eigenvalue weighted by atomic mass is 16.6. The fourth-order valence-corrected chi connectivity index (χ4v) is 2.04. The lowest BCUT2D eigenvalue weighted by Gasteiger charge is -2.06. The first-order valence-corrected chi connectivity index (χ1v) is 6.13. The van der Waals surface area contributed by atoms with E-state index < -0.39 is 0 Å². The number of aromatic amines is 1. The number of hydrogen-bond acceptors (Lipinski definition) is 4. The Hall–Kier alpha value is -2.89. The first-order valence-electron chi connectivity index (χ1n) is 6.13. The molecule has 0 aliphatic carbocycles. The molecule has 2 N–H and O–H groups in total. The van der Waals surface area contributed by atoms with E-state index in [-0.39, 0.29) is 10.6 Å². The number of nitro benzene ring substituents is 1. The second-order valence-electron chi connectivity index (χ2n) is 4.45. The monoisotopic (exact) mass is 268 g/mol. The number of hydrogen-bond donors (Lipinski definition) is 2. The van der Waals surface area contributed by atoms with Crippen LogP contribution in [-0.2, 0) is 6.54 Å². The van der Waals surface area contributed by atoms with Gasteiger partial charge in [0, 0.05) is 29.8 Å². The summed E-state index contributed by atoms with van der Waals surface area (Å²) in [4.78, 5) is 10.3. The molecule has 0 amide bonds. The van der Waals surface area contributed by atoms with Crippen molar-refractivity contribution in [2.45, 2.75) is 6.54 Å². The average molecular weight is 268 g/mol. The van der Waals surface area contributed by atoms with E-state index in [1.54, 1.807) is 18.3 Å². The van der Waals surface area contributed by atoms with Crippen LogP contribution in [-0.4, -0.2) is 15.1 Å². The van der Waals surface area contributed by atoms with Gasteiger partial charge in [0.05, 0.1) is 16.6 Å². The van der Waals surface area contributed by atoms with Gasteiger partial charge in [0.25, 0.3) is 5.69 Å². The Morgan fingerprint density at radius 1 is 1.25 bits per heavy atom. The van der Waals surface area contributed by atoms with Crippen LogP contribution in [0.2, 0.25) is 0 Å². The van der Waals surface area contributed by atoms with Crippen molar-refractivity contribution in [3.8, 4) is 0 Å². The molecular formula is C14H12N4O2. The number of rotatable bonds is 4. The summed E-state index contributed by atoms with van der Waals surface area (Å²) in [5.74, 6) is 0. The summed E-state index contributed by atoms with van der Waals surface area (Å²) in [6, 6.07) is 12.5. The van der Waals surface area contributed by atoms with E-state index in [9.17, 15) is 10.1 Å². The lowest BCUT2D eigenvalue weighted by molar-refractivity contribution is -0.384. The minimum absolute atomic E-state index is 0.106. The summed E-state index contributed by atoms with van der Waals surface area (Å²) < 4.78 is 0. The number of nitrogens with zero attached hydrogens (tertiary/aromatic N) is 2. The summed E-state index contributed by atoms with van der Waals surface area (Å²) >= 11 is 0. The molecule has 0 unspecified atom stereocenters. The van der Waals surface area contributed by atoms with Crippen LogP contribution in [0.15, 0.2) is 48.7 Å². The van der Waals surface area contributed by atoms with Gasteiger partial charge in [-0.25, -0.2) is 0 Å². The summed E-state index contributed by atoms with van der Waals surface area (Å²) in [7, 11) is 0. The van der Waals surface area contributed by atoms with Crippen LogP contribution in [0.3, 0.4) is 0 Å². The molecule has 2 aromatic carbocycles. The molecule has 3 aromatic rings. The van der Waals surface area contributed by atoms with Gasteiger partial charge >= 0.3 is 0 Å². The van der Waals surface area contributed by atoms with Crippen molar-refractivity contribution in [1.82, 2.24) is 10.2 Å². The van der Waals surface area contributed by atoms with Gasteiger partial charge in [-0.15, -0.1) is 0 Å². The topological polar surface area (TPSA) is 83.9 Å². The maximum atomic E-state index is 10.7. The number of nitrogens with one attached hydrogen (secondary N) is 2. The molecule has 0 bridgehead atoms. The smallest absolute Gasteiger partial charge is 0.269 e. The van der Waals surface area contributed by atoms with E-state index in [1.807, 2.05) is 24.3 Å². The largest absolute Gasteiger partial charge is 0.381 e. The van der Waals surface area contributed by atoms with Crippen LogP contribution in [0.25, 0.3) is 10.9 Å². The Bertz CT molecular complexity index is 766. The number of fused-ring (bicyclic) bond motifs is 1. The fourth-order valence-electron chi connectivity index (χ4n) is 2.04. The van der Waals surface area contributed by atoms with Crippen LogP contribution in [0, 0.1) is 10.1 Å². The number of non-ortho nitro benzene ring substituents is 1. The molecule has 0 atom stereocenters. The van der Waals surface area contributed by atoms with Crippen LogP contribution >= 0.6 is 0 Å². The molecule has 0 aliphatic heterocycles. The van der Waals surface area contributed by atoms with Crippen molar-refractivity contribution in [3.05, 3.63) is 64.3 Å². The Balaban J connectivity index is 1.75. The maximum Gasteiger partial charge on any atom is 0.269 e. The van der Waals surface area contributed by atoms with Crippen molar-refractivity contribution < 1.29 is 4.92 Å². The van der Waals surface area contributed by atoms with Gasteiger partial charge in [-0.3, -0.25) is 15.2 Å². The average Bonchev–Trinajstić information content (AvgIpc) is 2.93. The predicted molar refractivity (Wildman–Crippen MR) is 76.5 cm³/mol. The first-order chi connectivity index (χ1) is 9.72. The van der Waals surface area contributed by atoms with E-state index in [1.165, 1.54) is 6.07 Å². The third-order valence-corrected chi connectivity index (χ3v) is 3.06. The zero-order valence-corrected chi connectivity index (χ0v) is 10.5. The van der Waals surface area contributed by atoms with Gasteiger partial charge in [0.15, 0.2) is 0 Å². The highest BCUT2D eigenvalue weighted by molar-refractivity contribution is 5.81. The molecule has 3 rings (SSSR count). The molecule has 0 saturated carbocycles. The Morgan fingerprint density at radius 3 is 3.00 bits per heavy atom. The SMILES string of the molecule is O=[N+]([O-])c1cccc(CNc2ccc3[nH]ncc3c2)c1. The van der Waals surface area contributed by atoms with Crippen molar-refractivity contribution in [3.63, 3.8) is 0 Å². The molecule has 20 heavy (non-hydrogen) atoms. The molecule has 0 spiro atoms. The van der Waals surface area contributed by atoms with Gasteiger partial charge in [-0.2, -0.15) is 5.10 Å². The lowest BCUT2D eigenvalue weighted by atomic mass is 10.2. The predicted octanol–water partition coefficient (Wildman–Crippen LogP) is 3.08. The molecule has 0 radical (unpaired) electrons. The van der Waals surface area contributed by atoms with Crippen molar-refractivity contribution in [1.29, 1.82) is 0 Å². The standard InChI is InChI=1S/C14H12N4O2/c19-18(20)13-3-1-2-10(6-13)8-15-12-4-5-14-11(7-12)9-16-17-14/h1-7,9,15H,8H2,(H,16,17). The summed E-state index contributed by atoms with van der Waals surface area (Å²) in [5.41, 5.74) is 2.90. The zero-order chi connectivity index (χ0) is 13.9. The van der Waals surface area contributed by atoms with Crippen LogP contribution in [0.1, 0.15) is 5.56 Å². The van der Waals surface area contributed by atoms with Crippen LogP contribution < -0.4 is 5.32 Å². The number of aromatic nitrogens is 2. The minimum Gasteiger partial charge on any atom is -0.381 e. The Morgan fingerprint density at radius 2 is 2.15 bits per heavy atom. The Labute approximate surface area is 114 Å². The quantitative estimate of drug-likeness (QED) is 0.562. The first kappa shape index (κ1) is 12.2. The van der Waals surface area contributed by atoms with Gasteiger partial charge in [-0.1, -0.05) is 12.1 Å².